The van der Waals surface area contributed by atoms with E-state index in [-0.39, 0.29) is 24.8 Å². The van der Waals surface area contributed by atoms with Crippen molar-refractivity contribution in [2.45, 2.75) is 0 Å². The second kappa shape index (κ2) is 84.7. The Balaban J connectivity index is -0.00000000500. The predicted octanol–water partition coefficient (Wildman–Crippen LogP) is -0.275. The molecule has 0 aliphatic carbocycles. The Labute approximate surface area is 65.8 Å². The van der Waals surface area contributed by atoms with Crippen molar-refractivity contribution in [3.63, 3.8) is 0 Å². The molecule has 0 unspecified atom stereocenters. The summed E-state index contributed by atoms with van der Waals surface area (Å²) in [5, 5.41) is 0. The van der Waals surface area contributed by atoms with Gasteiger partial charge in [0.15, 0.2) is 0 Å². The minimum absolute atomic E-state index is 0. The second-order valence-electron chi connectivity index (χ2n) is 0. The Morgan fingerprint density at radius 2 is 0.667 bits per heavy atom. The van der Waals surface area contributed by atoms with Gasteiger partial charge in [-0.3, -0.25) is 0 Å². The quantitative estimate of drug-likeness (QED) is 0.566. The van der Waals surface area contributed by atoms with Gasteiger partial charge in [0, 0.05) is 0 Å². The van der Waals surface area contributed by atoms with Crippen LogP contribution in [0.3, 0.4) is 0 Å². The van der Waals surface area contributed by atoms with Gasteiger partial charge >= 0.3 is 41.1 Å². The van der Waals surface area contributed by atoms with Crippen molar-refractivity contribution in [1.29, 1.82) is 0 Å². The van der Waals surface area contributed by atoms with E-state index in [1.54, 1.807) is 0 Å². The van der Waals surface area contributed by atoms with E-state index in [2.05, 4.69) is 32.7 Å². The Bertz CT molecular complexity index is 9.51. The van der Waals surface area contributed by atoms with Gasteiger partial charge in [0.1, 0.15) is 0 Å². The number of halogens is 2. The fraction of sp³-hybridized carbons (Fsp3) is 0. The van der Waals surface area contributed by atoms with Crippen molar-refractivity contribution in [2.75, 3.05) is 0 Å². The molecule has 0 heterocycles. The summed E-state index contributed by atoms with van der Waals surface area (Å²) in [6.45, 7) is 0. The van der Waals surface area contributed by atoms with E-state index in [0.29, 0.717) is 0 Å². The maximum absolute atomic E-state index is 6.56. The molecule has 0 spiro atoms. The molecule has 0 saturated heterocycles. The Kier molecular flexibility index (Phi) is 363. The third kappa shape index (κ3) is 48.2. The SMILES string of the molecule is Cl.Cl.[OH][Cu].[OH][Cu]. The van der Waals surface area contributed by atoms with Crippen LogP contribution in [0.15, 0.2) is 0 Å². The minimum atomic E-state index is 0. The molecular weight excluding hydrogens is 230 g/mol. The molecule has 52 valence electrons. The van der Waals surface area contributed by atoms with Gasteiger partial charge in [0.25, 0.3) is 0 Å². The molecule has 0 aliphatic rings. The van der Waals surface area contributed by atoms with Crippen LogP contribution in [0.2, 0.25) is 0 Å². The van der Waals surface area contributed by atoms with Crippen LogP contribution in [-0.4, -0.2) is 8.38 Å². The summed E-state index contributed by atoms with van der Waals surface area (Å²) in [7, 11) is 0. The molecule has 0 radical (unpaired) electrons. The van der Waals surface area contributed by atoms with Gasteiger partial charge in [-0.1, -0.05) is 0 Å². The van der Waals surface area contributed by atoms with Crippen LogP contribution >= 0.6 is 24.8 Å². The first kappa shape index (κ1) is 25.7. The van der Waals surface area contributed by atoms with Gasteiger partial charge in [-0.2, -0.15) is 0 Å². The van der Waals surface area contributed by atoms with E-state index < -0.39 is 0 Å². The van der Waals surface area contributed by atoms with Gasteiger partial charge in [0.2, 0.25) is 0 Å². The number of rotatable bonds is 0. The van der Waals surface area contributed by atoms with E-state index in [1.807, 2.05) is 0 Å². The molecule has 6 heavy (non-hydrogen) atoms. The summed E-state index contributed by atoms with van der Waals surface area (Å²) in [6, 6.07) is 0. The van der Waals surface area contributed by atoms with E-state index in [0.717, 1.165) is 0 Å². The summed E-state index contributed by atoms with van der Waals surface area (Å²) in [5.41, 5.74) is 0. The molecule has 0 aliphatic heterocycles. The number of hydrogen-bond acceptors (Lipinski definition) is 2. The molecular formula is H4Cl2Cu2O2. The third-order valence-electron chi connectivity index (χ3n) is 0. The van der Waals surface area contributed by atoms with E-state index in [4.69, 9.17) is 8.38 Å². The predicted molar refractivity (Wildman–Crippen MR) is 18.9 cm³/mol. The molecule has 0 amide bonds. The Morgan fingerprint density at radius 1 is 0.667 bits per heavy atom. The summed E-state index contributed by atoms with van der Waals surface area (Å²) in [5.74, 6) is 0. The summed E-state index contributed by atoms with van der Waals surface area (Å²) >= 11 is 6.38. The van der Waals surface area contributed by atoms with E-state index in [9.17, 15) is 0 Å². The van der Waals surface area contributed by atoms with Gasteiger partial charge in [-0.25, -0.2) is 0 Å². The molecule has 0 fully saturated rings. The summed E-state index contributed by atoms with van der Waals surface area (Å²) in [6.07, 6.45) is 0. The average molecular weight is 234 g/mol. The van der Waals surface area contributed by atoms with Crippen LogP contribution in [0.4, 0.5) is 0 Å². The zero-order valence-corrected chi connectivity index (χ0v) is 5.83. The maximum atomic E-state index is 6.56. The van der Waals surface area contributed by atoms with E-state index >= 15 is 0 Å². The molecule has 2 nitrogen and oxygen atoms in total. The van der Waals surface area contributed by atoms with Gasteiger partial charge in [-0.15, -0.1) is 24.8 Å². The van der Waals surface area contributed by atoms with Crippen molar-refractivity contribution in [2.24, 2.45) is 0 Å². The fourth-order valence-electron chi connectivity index (χ4n) is 0. The van der Waals surface area contributed by atoms with Gasteiger partial charge < -0.3 is 0 Å². The first-order valence-corrected chi connectivity index (χ1v) is 1.11. The molecule has 0 rings (SSSR count). The normalized spacial score (nSPS) is 2.33. The molecule has 0 atom stereocenters. The fourth-order valence-corrected chi connectivity index (χ4v) is 0. The molecule has 6 heteroatoms. The van der Waals surface area contributed by atoms with Gasteiger partial charge in [-0.05, 0) is 0 Å². The van der Waals surface area contributed by atoms with E-state index in [1.165, 1.54) is 0 Å². The number of hydrogen-bond donors (Lipinski definition) is 2. The van der Waals surface area contributed by atoms with Crippen molar-refractivity contribution < 1.29 is 41.1 Å². The first-order chi connectivity index (χ1) is 2.00. The molecule has 0 aromatic carbocycles. The average Bonchev–Trinajstić information content (AvgIpc) is 1.50. The van der Waals surface area contributed by atoms with Crippen LogP contribution in [0.1, 0.15) is 0 Å². The standard InChI is InChI=1S/2ClH.2Cu.2H2O/h2*1H;;;2*1H2/q;;2*+1;;/p-2. The van der Waals surface area contributed by atoms with Crippen molar-refractivity contribution in [3.8, 4) is 0 Å². The molecule has 0 bridgehead atoms. The van der Waals surface area contributed by atoms with Gasteiger partial charge in [0.05, 0.1) is 0 Å². The van der Waals surface area contributed by atoms with Crippen molar-refractivity contribution >= 4 is 24.8 Å². The topological polar surface area (TPSA) is 40.5 Å². The van der Waals surface area contributed by atoms with Crippen LogP contribution in [0.25, 0.3) is 0 Å². The van der Waals surface area contributed by atoms with Crippen LogP contribution in [0.5, 0.6) is 0 Å². The molecule has 2 N–H and O–H groups in total. The molecule has 0 saturated carbocycles. The monoisotopic (exact) mass is 232 g/mol. The van der Waals surface area contributed by atoms with Crippen molar-refractivity contribution in [3.05, 3.63) is 0 Å². The van der Waals surface area contributed by atoms with Crippen LogP contribution < -0.4 is 0 Å². The molecule has 0 aromatic heterocycles. The summed E-state index contributed by atoms with van der Waals surface area (Å²) in [4.78, 5) is 0. The van der Waals surface area contributed by atoms with Crippen LogP contribution in [0, 0.1) is 0 Å². The Morgan fingerprint density at radius 3 is 0.667 bits per heavy atom. The first-order valence-electron chi connectivity index (χ1n) is 0.270. The third-order valence-corrected chi connectivity index (χ3v) is 0. The second-order valence-corrected chi connectivity index (χ2v) is 0. The van der Waals surface area contributed by atoms with Crippen molar-refractivity contribution in [1.82, 2.24) is 0 Å². The summed E-state index contributed by atoms with van der Waals surface area (Å²) < 4.78 is 13.1. The Hall–Kier alpha value is 1.54. The molecule has 0 aromatic rings. The zero-order valence-electron chi connectivity index (χ0n) is 2.31. The zero-order chi connectivity index (χ0) is 4.00. The van der Waals surface area contributed by atoms with Crippen LogP contribution in [-0.2, 0) is 32.7 Å².